The van der Waals surface area contributed by atoms with Gasteiger partial charge in [-0.2, -0.15) is 0 Å². The van der Waals surface area contributed by atoms with Crippen molar-refractivity contribution in [2.45, 2.75) is 58.0 Å². The van der Waals surface area contributed by atoms with Crippen molar-refractivity contribution < 1.29 is 14.2 Å². The summed E-state index contributed by atoms with van der Waals surface area (Å²) in [6, 6.07) is 11.8. The summed E-state index contributed by atoms with van der Waals surface area (Å²) in [5.41, 5.74) is 3.59. The van der Waals surface area contributed by atoms with Crippen molar-refractivity contribution in [3.8, 4) is 16.9 Å². The summed E-state index contributed by atoms with van der Waals surface area (Å²) >= 11 is 0. The van der Waals surface area contributed by atoms with Crippen LogP contribution in [0.4, 0.5) is 4.39 Å². The molecule has 0 radical (unpaired) electrons. The zero-order chi connectivity index (χ0) is 18.5. The third-order valence-corrected chi connectivity index (χ3v) is 5.75. The first-order valence-corrected chi connectivity index (χ1v) is 9.73. The molecule has 26 heavy (non-hydrogen) atoms. The van der Waals surface area contributed by atoms with Crippen LogP contribution in [0.5, 0.6) is 5.75 Å². The minimum atomic E-state index is -0.438. The van der Waals surface area contributed by atoms with Crippen molar-refractivity contribution >= 4 is 0 Å². The van der Waals surface area contributed by atoms with E-state index in [1.807, 2.05) is 0 Å². The monoisotopic (exact) mass is 356 g/mol. The fourth-order valence-electron chi connectivity index (χ4n) is 4.30. The van der Waals surface area contributed by atoms with Gasteiger partial charge in [0.15, 0.2) is 11.6 Å². The Bertz CT molecular complexity index is 716. The molecule has 1 saturated carbocycles. The standard InChI is InChI=1S/C23H29FO2/c1-3-4-16-5-7-17(8-6-16)18-9-11-19(12-10-18)20-13-21(15-25)23(26-2)22(24)14-20/h9-14,16-17,25H,3-8,15H2,1-2H3. The number of methoxy groups -OCH3 is 1. The summed E-state index contributed by atoms with van der Waals surface area (Å²) in [6.07, 6.45) is 7.87. The molecule has 0 amide bonds. The van der Waals surface area contributed by atoms with Crippen LogP contribution in [0.25, 0.3) is 11.1 Å². The SMILES string of the molecule is CCCC1CCC(c2ccc(-c3cc(F)c(OC)c(CO)c3)cc2)CC1. The average molecular weight is 356 g/mol. The van der Waals surface area contributed by atoms with E-state index >= 15 is 0 Å². The topological polar surface area (TPSA) is 29.5 Å². The molecule has 0 aliphatic heterocycles. The number of halogens is 1. The predicted molar refractivity (Wildman–Crippen MR) is 104 cm³/mol. The van der Waals surface area contributed by atoms with Gasteiger partial charge in [-0.3, -0.25) is 0 Å². The van der Waals surface area contributed by atoms with Crippen LogP contribution in [-0.4, -0.2) is 12.2 Å². The van der Waals surface area contributed by atoms with Gasteiger partial charge in [0.05, 0.1) is 13.7 Å². The Balaban J connectivity index is 1.75. The zero-order valence-corrected chi connectivity index (χ0v) is 15.8. The van der Waals surface area contributed by atoms with Crippen molar-refractivity contribution in [2.75, 3.05) is 7.11 Å². The zero-order valence-electron chi connectivity index (χ0n) is 15.8. The highest BCUT2D eigenvalue weighted by Gasteiger charge is 2.21. The lowest BCUT2D eigenvalue weighted by molar-refractivity contribution is 0.271. The van der Waals surface area contributed by atoms with Crippen molar-refractivity contribution in [3.05, 3.63) is 53.3 Å². The Hall–Kier alpha value is -1.87. The summed E-state index contributed by atoms with van der Waals surface area (Å²) in [7, 11) is 1.42. The van der Waals surface area contributed by atoms with Crippen LogP contribution in [0.15, 0.2) is 36.4 Å². The molecule has 2 aromatic carbocycles. The van der Waals surface area contributed by atoms with Gasteiger partial charge in [0, 0.05) is 5.56 Å². The first kappa shape index (κ1) is 18.9. The summed E-state index contributed by atoms with van der Waals surface area (Å²) in [5, 5.41) is 9.47. The molecule has 1 N–H and O–H groups in total. The smallest absolute Gasteiger partial charge is 0.166 e. The van der Waals surface area contributed by atoms with E-state index in [-0.39, 0.29) is 12.4 Å². The fraction of sp³-hybridized carbons (Fsp3) is 0.478. The van der Waals surface area contributed by atoms with Gasteiger partial charge in [0.2, 0.25) is 0 Å². The molecule has 0 bridgehead atoms. The van der Waals surface area contributed by atoms with Gasteiger partial charge in [0.25, 0.3) is 0 Å². The van der Waals surface area contributed by atoms with Crippen LogP contribution >= 0.6 is 0 Å². The highest BCUT2D eigenvalue weighted by Crippen LogP contribution is 2.38. The molecule has 1 fully saturated rings. The van der Waals surface area contributed by atoms with Gasteiger partial charge >= 0.3 is 0 Å². The van der Waals surface area contributed by atoms with Gasteiger partial charge in [0.1, 0.15) is 0 Å². The second-order valence-corrected chi connectivity index (χ2v) is 7.44. The van der Waals surface area contributed by atoms with E-state index < -0.39 is 5.82 Å². The molecule has 1 aliphatic carbocycles. The lowest BCUT2D eigenvalue weighted by atomic mass is 9.77. The van der Waals surface area contributed by atoms with E-state index in [1.165, 1.54) is 57.3 Å². The highest BCUT2D eigenvalue weighted by atomic mass is 19.1. The Labute approximate surface area is 156 Å². The van der Waals surface area contributed by atoms with Crippen molar-refractivity contribution in [2.24, 2.45) is 5.92 Å². The van der Waals surface area contributed by atoms with Crippen LogP contribution in [-0.2, 0) is 6.61 Å². The summed E-state index contributed by atoms with van der Waals surface area (Å²) < 4.78 is 19.3. The van der Waals surface area contributed by atoms with Gasteiger partial charge in [-0.05, 0) is 66.3 Å². The first-order chi connectivity index (χ1) is 12.7. The van der Waals surface area contributed by atoms with Crippen LogP contribution in [0.2, 0.25) is 0 Å². The van der Waals surface area contributed by atoms with Crippen LogP contribution < -0.4 is 4.74 Å². The number of hydrogen-bond donors (Lipinski definition) is 1. The second-order valence-electron chi connectivity index (χ2n) is 7.44. The first-order valence-electron chi connectivity index (χ1n) is 9.73. The van der Waals surface area contributed by atoms with Crippen LogP contribution in [0.3, 0.4) is 0 Å². The maximum atomic E-state index is 14.2. The molecule has 3 heteroatoms. The average Bonchev–Trinajstić information content (AvgIpc) is 2.68. The van der Waals surface area contributed by atoms with E-state index in [4.69, 9.17) is 4.74 Å². The molecule has 0 spiro atoms. The fourth-order valence-corrected chi connectivity index (χ4v) is 4.30. The normalized spacial score (nSPS) is 20.2. The van der Waals surface area contributed by atoms with E-state index in [0.29, 0.717) is 11.5 Å². The largest absolute Gasteiger partial charge is 0.493 e. The molecular formula is C23H29FO2. The molecule has 1 aliphatic rings. The van der Waals surface area contributed by atoms with E-state index in [0.717, 1.165) is 17.0 Å². The summed E-state index contributed by atoms with van der Waals surface area (Å²) in [5.74, 6) is 1.25. The van der Waals surface area contributed by atoms with E-state index in [2.05, 4.69) is 31.2 Å². The summed E-state index contributed by atoms with van der Waals surface area (Å²) in [4.78, 5) is 0. The molecule has 0 unspecified atom stereocenters. The maximum absolute atomic E-state index is 14.2. The third kappa shape index (κ3) is 4.09. The molecule has 3 rings (SSSR count). The molecular weight excluding hydrogens is 327 g/mol. The summed E-state index contributed by atoms with van der Waals surface area (Å²) in [6.45, 7) is 2.03. The molecule has 0 aromatic heterocycles. The number of ether oxygens (including phenoxy) is 1. The molecule has 2 nitrogen and oxygen atoms in total. The van der Waals surface area contributed by atoms with Crippen molar-refractivity contribution in [1.29, 1.82) is 0 Å². The predicted octanol–water partition coefficient (Wildman–Crippen LogP) is 6.07. The lowest BCUT2D eigenvalue weighted by Gasteiger charge is -2.28. The number of aliphatic hydroxyl groups is 1. The molecule has 0 atom stereocenters. The Kier molecular flexibility index (Phi) is 6.31. The lowest BCUT2D eigenvalue weighted by Crippen LogP contribution is -2.13. The van der Waals surface area contributed by atoms with Crippen LogP contribution in [0.1, 0.15) is 62.5 Å². The van der Waals surface area contributed by atoms with Crippen LogP contribution in [0, 0.1) is 11.7 Å². The molecule has 2 aromatic rings. The minimum absolute atomic E-state index is 0.122. The van der Waals surface area contributed by atoms with Gasteiger partial charge in [-0.1, -0.05) is 44.0 Å². The molecule has 140 valence electrons. The number of aliphatic hydroxyl groups excluding tert-OH is 1. The number of rotatable bonds is 6. The van der Waals surface area contributed by atoms with Crippen molar-refractivity contribution in [1.82, 2.24) is 0 Å². The second kappa shape index (κ2) is 8.68. The Morgan fingerprint density at radius 2 is 1.73 bits per heavy atom. The van der Waals surface area contributed by atoms with Crippen molar-refractivity contribution in [3.63, 3.8) is 0 Å². The van der Waals surface area contributed by atoms with Gasteiger partial charge in [-0.25, -0.2) is 4.39 Å². The molecule has 0 heterocycles. The van der Waals surface area contributed by atoms with Gasteiger partial charge in [-0.15, -0.1) is 0 Å². The minimum Gasteiger partial charge on any atom is -0.493 e. The number of hydrogen-bond acceptors (Lipinski definition) is 2. The van der Waals surface area contributed by atoms with E-state index in [9.17, 15) is 9.50 Å². The Morgan fingerprint density at radius 1 is 1.04 bits per heavy atom. The Morgan fingerprint density at radius 3 is 2.31 bits per heavy atom. The third-order valence-electron chi connectivity index (χ3n) is 5.75. The quantitative estimate of drug-likeness (QED) is 0.681. The van der Waals surface area contributed by atoms with E-state index in [1.54, 1.807) is 6.07 Å². The number of benzene rings is 2. The highest BCUT2D eigenvalue weighted by molar-refractivity contribution is 5.66. The van der Waals surface area contributed by atoms with Gasteiger partial charge < -0.3 is 9.84 Å². The molecule has 0 saturated heterocycles. The maximum Gasteiger partial charge on any atom is 0.166 e.